The van der Waals surface area contributed by atoms with Crippen LogP contribution in [-0.4, -0.2) is 31.3 Å². The van der Waals surface area contributed by atoms with E-state index in [1.54, 1.807) is 6.92 Å². The summed E-state index contributed by atoms with van der Waals surface area (Å²) in [6.07, 6.45) is 2.10. The molecule has 0 bridgehead atoms. The van der Waals surface area contributed by atoms with E-state index >= 15 is 0 Å². The minimum absolute atomic E-state index is 0. The molecule has 0 fully saturated rings. The lowest BCUT2D eigenvalue weighted by atomic mass is 9.94. The number of ketones is 1. The summed E-state index contributed by atoms with van der Waals surface area (Å²) in [5.41, 5.74) is 1.31. The first-order chi connectivity index (χ1) is 9.15. The molecule has 1 aromatic heterocycles. The third-order valence-electron chi connectivity index (χ3n) is 3.35. The molecule has 0 aromatic carbocycles. The van der Waals surface area contributed by atoms with Crippen molar-refractivity contribution in [2.75, 3.05) is 19.6 Å². The molecule has 0 radical (unpaired) electrons. The van der Waals surface area contributed by atoms with E-state index in [2.05, 4.69) is 10.6 Å². The summed E-state index contributed by atoms with van der Waals surface area (Å²) in [4.78, 5) is 23.8. The first-order valence-electron chi connectivity index (χ1n) is 6.79. The number of rotatable bonds is 5. The zero-order valence-electron chi connectivity index (χ0n) is 11.9. The molecule has 0 spiro atoms. The van der Waals surface area contributed by atoms with E-state index in [1.165, 1.54) is 0 Å². The zero-order chi connectivity index (χ0) is 13.8. The SMILES string of the molecule is CCNCCNC(=O)c1oc2c(c1C)C(=O)CCC2.Cl. The van der Waals surface area contributed by atoms with Crippen molar-refractivity contribution in [3.8, 4) is 0 Å². The molecule has 0 saturated heterocycles. The highest BCUT2D eigenvalue weighted by Gasteiger charge is 2.28. The van der Waals surface area contributed by atoms with Crippen molar-refractivity contribution in [3.63, 3.8) is 0 Å². The van der Waals surface area contributed by atoms with Gasteiger partial charge < -0.3 is 15.1 Å². The van der Waals surface area contributed by atoms with E-state index in [0.29, 0.717) is 29.9 Å². The van der Waals surface area contributed by atoms with E-state index in [1.807, 2.05) is 6.92 Å². The number of halogens is 1. The van der Waals surface area contributed by atoms with Crippen LogP contribution in [0, 0.1) is 6.92 Å². The van der Waals surface area contributed by atoms with Gasteiger partial charge in [0.05, 0.1) is 5.56 Å². The molecule has 1 aliphatic carbocycles. The lowest BCUT2D eigenvalue weighted by Gasteiger charge is -2.07. The molecule has 6 heteroatoms. The van der Waals surface area contributed by atoms with Crippen LogP contribution in [-0.2, 0) is 6.42 Å². The number of Topliss-reactive ketones (excluding diaryl/α,β-unsaturated/α-hetero) is 1. The van der Waals surface area contributed by atoms with Gasteiger partial charge >= 0.3 is 0 Å². The third-order valence-corrected chi connectivity index (χ3v) is 3.35. The molecule has 2 rings (SSSR count). The van der Waals surface area contributed by atoms with Gasteiger partial charge in [0.25, 0.3) is 5.91 Å². The fourth-order valence-electron chi connectivity index (χ4n) is 2.39. The monoisotopic (exact) mass is 300 g/mol. The summed E-state index contributed by atoms with van der Waals surface area (Å²) in [5.74, 6) is 0.814. The second kappa shape index (κ2) is 7.45. The molecule has 2 N–H and O–H groups in total. The quantitative estimate of drug-likeness (QED) is 0.814. The van der Waals surface area contributed by atoms with Crippen LogP contribution in [0.3, 0.4) is 0 Å². The highest BCUT2D eigenvalue weighted by molar-refractivity contribution is 6.03. The van der Waals surface area contributed by atoms with Crippen LogP contribution in [0.4, 0.5) is 0 Å². The number of amides is 1. The van der Waals surface area contributed by atoms with Gasteiger partial charge in [0.1, 0.15) is 5.76 Å². The number of hydrogen-bond donors (Lipinski definition) is 2. The molecule has 0 atom stereocenters. The maximum Gasteiger partial charge on any atom is 0.287 e. The average Bonchev–Trinajstić information content (AvgIpc) is 2.73. The van der Waals surface area contributed by atoms with Crippen LogP contribution in [0.25, 0.3) is 0 Å². The second-order valence-corrected chi connectivity index (χ2v) is 4.74. The van der Waals surface area contributed by atoms with Crippen LogP contribution in [0.1, 0.15) is 52.0 Å². The van der Waals surface area contributed by atoms with Gasteiger partial charge in [-0.1, -0.05) is 6.92 Å². The Kier molecular flexibility index (Phi) is 6.23. The summed E-state index contributed by atoms with van der Waals surface area (Å²) >= 11 is 0. The average molecular weight is 301 g/mol. The zero-order valence-corrected chi connectivity index (χ0v) is 12.7. The van der Waals surface area contributed by atoms with Crippen molar-refractivity contribution < 1.29 is 14.0 Å². The van der Waals surface area contributed by atoms with Gasteiger partial charge in [-0.25, -0.2) is 0 Å². The minimum atomic E-state index is -0.238. The van der Waals surface area contributed by atoms with Crippen LogP contribution >= 0.6 is 12.4 Å². The normalized spacial score (nSPS) is 13.6. The highest BCUT2D eigenvalue weighted by Crippen LogP contribution is 2.29. The summed E-state index contributed by atoms with van der Waals surface area (Å²) in [5, 5.41) is 5.92. The van der Waals surface area contributed by atoms with Crippen molar-refractivity contribution in [3.05, 3.63) is 22.6 Å². The number of hydrogen-bond acceptors (Lipinski definition) is 4. The fourth-order valence-corrected chi connectivity index (χ4v) is 2.39. The summed E-state index contributed by atoms with van der Waals surface area (Å²) < 4.78 is 5.57. The van der Waals surface area contributed by atoms with E-state index < -0.39 is 0 Å². The Morgan fingerprint density at radius 3 is 2.70 bits per heavy atom. The molecular weight excluding hydrogens is 280 g/mol. The number of likely N-dealkylation sites (N-methyl/N-ethyl adjacent to an activating group) is 1. The molecule has 0 unspecified atom stereocenters. The van der Waals surface area contributed by atoms with Gasteiger partial charge in [0.2, 0.25) is 0 Å². The Morgan fingerprint density at radius 1 is 1.30 bits per heavy atom. The molecule has 0 saturated carbocycles. The molecule has 1 aliphatic rings. The largest absolute Gasteiger partial charge is 0.455 e. The summed E-state index contributed by atoms with van der Waals surface area (Å²) in [6.45, 7) is 5.94. The molecule has 112 valence electrons. The maximum atomic E-state index is 12.0. The van der Waals surface area contributed by atoms with E-state index in [4.69, 9.17) is 4.42 Å². The molecule has 1 aromatic rings. The first-order valence-corrected chi connectivity index (χ1v) is 6.79. The van der Waals surface area contributed by atoms with Gasteiger partial charge in [-0.05, 0) is 19.9 Å². The topological polar surface area (TPSA) is 71.3 Å². The van der Waals surface area contributed by atoms with Crippen molar-refractivity contribution in [1.82, 2.24) is 10.6 Å². The Bertz CT molecular complexity index is 497. The Hall–Kier alpha value is -1.33. The minimum Gasteiger partial charge on any atom is -0.455 e. The number of carbonyl (C=O) groups excluding carboxylic acids is 2. The van der Waals surface area contributed by atoms with Crippen LogP contribution in [0.2, 0.25) is 0 Å². The van der Waals surface area contributed by atoms with Crippen LogP contribution < -0.4 is 10.6 Å². The third kappa shape index (κ3) is 3.41. The van der Waals surface area contributed by atoms with Crippen molar-refractivity contribution >= 4 is 24.1 Å². The van der Waals surface area contributed by atoms with Gasteiger partial charge in [0.15, 0.2) is 11.5 Å². The number of furan rings is 1. The fraction of sp³-hybridized carbons (Fsp3) is 0.571. The highest BCUT2D eigenvalue weighted by atomic mass is 35.5. The van der Waals surface area contributed by atoms with E-state index in [-0.39, 0.29) is 29.9 Å². The van der Waals surface area contributed by atoms with Crippen molar-refractivity contribution in [1.29, 1.82) is 0 Å². The molecule has 5 nitrogen and oxygen atoms in total. The van der Waals surface area contributed by atoms with E-state index in [9.17, 15) is 9.59 Å². The molecule has 20 heavy (non-hydrogen) atoms. The van der Waals surface area contributed by atoms with Gasteiger partial charge in [-0.15, -0.1) is 12.4 Å². The summed E-state index contributed by atoms with van der Waals surface area (Å²) in [6, 6.07) is 0. The Balaban J connectivity index is 0.00000200. The number of carbonyl (C=O) groups is 2. The van der Waals surface area contributed by atoms with Gasteiger partial charge in [-0.3, -0.25) is 9.59 Å². The number of nitrogens with one attached hydrogen (secondary N) is 2. The van der Waals surface area contributed by atoms with Crippen LogP contribution in [0.15, 0.2) is 4.42 Å². The molecule has 0 aliphatic heterocycles. The molecular formula is C14H21ClN2O3. The van der Waals surface area contributed by atoms with Crippen molar-refractivity contribution in [2.45, 2.75) is 33.1 Å². The standard InChI is InChI=1S/C14H20N2O3.ClH/c1-3-15-7-8-16-14(18)13-9(2)12-10(17)5-4-6-11(12)19-13;/h15H,3-8H2,1-2H3,(H,16,18);1H. The van der Waals surface area contributed by atoms with E-state index in [0.717, 1.165) is 25.9 Å². The number of fused-ring (bicyclic) bond motifs is 1. The summed E-state index contributed by atoms with van der Waals surface area (Å²) in [7, 11) is 0. The van der Waals surface area contributed by atoms with Gasteiger partial charge in [-0.2, -0.15) is 0 Å². The lowest BCUT2D eigenvalue weighted by molar-refractivity contribution is 0.0920. The molecule has 1 amide bonds. The van der Waals surface area contributed by atoms with Crippen molar-refractivity contribution in [2.24, 2.45) is 0 Å². The first kappa shape index (κ1) is 16.7. The Morgan fingerprint density at radius 2 is 2.05 bits per heavy atom. The second-order valence-electron chi connectivity index (χ2n) is 4.74. The smallest absolute Gasteiger partial charge is 0.287 e. The predicted molar refractivity (Wildman–Crippen MR) is 78.8 cm³/mol. The number of aryl methyl sites for hydroxylation is 1. The molecule has 1 heterocycles. The van der Waals surface area contributed by atoms with Crippen LogP contribution in [0.5, 0.6) is 0 Å². The van der Waals surface area contributed by atoms with Gasteiger partial charge in [0, 0.05) is 31.5 Å². The lowest BCUT2D eigenvalue weighted by Crippen LogP contribution is -2.31. The Labute approximate surface area is 124 Å². The maximum absolute atomic E-state index is 12.0. The predicted octanol–water partition coefficient (Wildman–Crippen LogP) is 1.87.